The first-order valence-corrected chi connectivity index (χ1v) is 6.54. The molecule has 102 valence electrons. The fourth-order valence-electron chi connectivity index (χ4n) is 2.21. The Balaban J connectivity index is 1.96. The van der Waals surface area contributed by atoms with Crippen molar-refractivity contribution < 1.29 is 9.32 Å². The summed E-state index contributed by atoms with van der Waals surface area (Å²) in [5.41, 5.74) is 1.68. The summed E-state index contributed by atoms with van der Waals surface area (Å²) in [6.07, 6.45) is 2.81. The number of benzene rings is 1. The monoisotopic (exact) mass is 269 g/mol. The molecule has 0 spiro atoms. The molecule has 5 heteroatoms. The molecule has 0 aliphatic carbocycles. The Morgan fingerprint density at radius 2 is 2.20 bits per heavy atom. The fourth-order valence-corrected chi connectivity index (χ4v) is 2.21. The van der Waals surface area contributed by atoms with Gasteiger partial charge < -0.3 is 9.09 Å². The Morgan fingerprint density at radius 3 is 2.90 bits per heavy atom. The Hall–Kier alpha value is -2.43. The van der Waals surface area contributed by atoms with Crippen LogP contribution < -0.4 is 0 Å². The molecule has 0 saturated heterocycles. The molecule has 0 aliphatic rings. The second-order valence-corrected chi connectivity index (χ2v) is 5.05. The number of carbonyl (C=O) groups excluding carboxylic acids is 1. The number of fused-ring (bicyclic) bond motifs is 1. The third-order valence-electron chi connectivity index (χ3n) is 3.26. The van der Waals surface area contributed by atoms with Crippen LogP contribution in [-0.4, -0.2) is 21.0 Å². The molecule has 0 aliphatic heterocycles. The number of hydrogen-bond donors (Lipinski definition) is 0. The van der Waals surface area contributed by atoms with Gasteiger partial charge in [-0.05, 0) is 12.1 Å². The summed E-state index contributed by atoms with van der Waals surface area (Å²) in [5.74, 6) is 1.51. The number of aldehydes is 1. The maximum absolute atomic E-state index is 11.0. The zero-order valence-electron chi connectivity index (χ0n) is 11.4. The summed E-state index contributed by atoms with van der Waals surface area (Å²) >= 11 is 0. The molecule has 2 aromatic heterocycles. The molecule has 2 heterocycles. The molecule has 0 N–H and O–H groups in total. The average Bonchev–Trinajstić information content (AvgIpc) is 3.06. The highest BCUT2D eigenvalue weighted by Crippen LogP contribution is 2.20. The summed E-state index contributed by atoms with van der Waals surface area (Å²) in [6.45, 7) is 4.56. The van der Waals surface area contributed by atoms with Gasteiger partial charge in [0.2, 0.25) is 5.89 Å². The molecule has 3 rings (SSSR count). The highest BCUT2D eigenvalue weighted by Gasteiger charge is 2.11. The number of nitrogens with zero attached hydrogens (tertiary/aromatic N) is 3. The van der Waals surface area contributed by atoms with Gasteiger partial charge in [-0.3, -0.25) is 4.79 Å². The quantitative estimate of drug-likeness (QED) is 0.683. The topological polar surface area (TPSA) is 60.9 Å². The smallest absolute Gasteiger partial charge is 0.229 e. The maximum atomic E-state index is 11.0. The van der Waals surface area contributed by atoms with Crippen molar-refractivity contribution in [2.75, 3.05) is 0 Å². The highest BCUT2D eigenvalue weighted by molar-refractivity contribution is 5.97. The van der Waals surface area contributed by atoms with Crippen LogP contribution in [0.15, 0.2) is 35.0 Å². The maximum Gasteiger partial charge on any atom is 0.229 e. The molecule has 0 saturated carbocycles. The van der Waals surface area contributed by atoms with Crippen molar-refractivity contribution in [1.82, 2.24) is 14.7 Å². The standard InChI is InChI=1S/C15H15N3O2/c1-10(2)15-16-14(17-20-15)8-18-7-6-12-11(9-19)4-3-5-13(12)18/h3-7,9-10H,8H2,1-2H3. The minimum atomic E-state index is 0.222. The normalized spacial score (nSPS) is 11.3. The van der Waals surface area contributed by atoms with Gasteiger partial charge in [-0.2, -0.15) is 4.98 Å². The molecular weight excluding hydrogens is 254 g/mol. The summed E-state index contributed by atoms with van der Waals surface area (Å²) in [6, 6.07) is 7.59. The van der Waals surface area contributed by atoms with E-state index in [2.05, 4.69) is 10.1 Å². The third-order valence-corrected chi connectivity index (χ3v) is 3.26. The number of carbonyl (C=O) groups is 1. The van der Waals surface area contributed by atoms with E-state index in [4.69, 9.17) is 4.52 Å². The minimum absolute atomic E-state index is 0.222. The first kappa shape index (κ1) is 12.6. The van der Waals surface area contributed by atoms with Gasteiger partial charge in [0.15, 0.2) is 12.1 Å². The predicted molar refractivity (Wildman–Crippen MR) is 74.8 cm³/mol. The van der Waals surface area contributed by atoms with Gasteiger partial charge in [-0.25, -0.2) is 0 Å². The van der Waals surface area contributed by atoms with Crippen LogP contribution in [0, 0.1) is 0 Å². The average molecular weight is 269 g/mol. The number of hydrogen-bond acceptors (Lipinski definition) is 4. The van der Waals surface area contributed by atoms with Crippen LogP contribution in [0.5, 0.6) is 0 Å². The van der Waals surface area contributed by atoms with Gasteiger partial charge >= 0.3 is 0 Å². The van der Waals surface area contributed by atoms with E-state index in [1.165, 1.54) is 0 Å². The van der Waals surface area contributed by atoms with Crippen LogP contribution in [0.4, 0.5) is 0 Å². The SMILES string of the molecule is CC(C)c1nc(Cn2ccc3c(C=O)cccc32)no1. The van der Waals surface area contributed by atoms with Crippen molar-refractivity contribution in [3.05, 3.63) is 47.7 Å². The van der Waals surface area contributed by atoms with E-state index < -0.39 is 0 Å². The molecule has 20 heavy (non-hydrogen) atoms. The first-order chi connectivity index (χ1) is 9.69. The van der Waals surface area contributed by atoms with Crippen LogP contribution in [0.2, 0.25) is 0 Å². The van der Waals surface area contributed by atoms with E-state index >= 15 is 0 Å². The largest absolute Gasteiger partial charge is 0.340 e. The van der Waals surface area contributed by atoms with E-state index in [9.17, 15) is 4.79 Å². The van der Waals surface area contributed by atoms with E-state index in [0.29, 0.717) is 23.8 Å². The van der Waals surface area contributed by atoms with Crippen LogP contribution in [0.3, 0.4) is 0 Å². The van der Waals surface area contributed by atoms with Gasteiger partial charge in [0.25, 0.3) is 0 Å². The van der Waals surface area contributed by atoms with Crippen molar-refractivity contribution in [3.63, 3.8) is 0 Å². The Bertz CT molecular complexity index is 755. The molecule has 0 unspecified atom stereocenters. The van der Waals surface area contributed by atoms with Crippen LogP contribution in [0.1, 0.15) is 41.8 Å². The van der Waals surface area contributed by atoms with Crippen LogP contribution in [0.25, 0.3) is 10.9 Å². The van der Waals surface area contributed by atoms with Crippen molar-refractivity contribution in [3.8, 4) is 0 Å². The third kappa shape index (κ3) is 2.11. The molecule has 3 aromatic rings. The molecular formula is C15H15N3O2. The number of rotatable bonds is 4. The molecule has 0 bridgehead atoms. The van der Waals surface area contributed by atoms with E-state index in [0.717, 1.165) is 17.2 Å². The first-order valence-electron chi connectivity index (χ1n) is 6.54. The fraction of sp³-hybridized carbons (Fsp3) is 0.267. The zero-order chi connectivity index (χ0) is 14.1. The lowest BCUT2D eigenvalue weighted by Gasteiger charge is -2.02. The number of aromatic nitrogens is 3. The highest BCUT2D eigenvalue weighted by atomic mass is 16.5. The van der Waals surface area contributed by atoms with E-state index in [1.807, 2.05) is 48.9 Å². The van der Waals surface area contributed by atoms with Gasteiger partial charge in [0, 0.05) is 28.6 Å². The zero-order valence-corrected chi connectivity index (χ0v) is 11.4. The predicted octanol–water partition coefficient (Wildman–Crippen LogP) is 3.01. The summed E-state index contributed by atoms with van der Waals surface area (Å²) < 4.78 is 7.21. The summed E-state index contributed by atoms with van der Waals surface area (Å²) in [4.78, 5) is 15.4. The lowest BCUT2D eigenvalue weighted by molar-refractivity contribution is 0.112. The van der Waals surface area contributed by atoms with E-state index in [1.54, 1.807) is 0 Å². The van der Waals surface area contributed by atoms with Crippen molar-refractivity contribution in [2.45, 2.75) is 26.3 Å². The minimum Gasteiger partial charge on any atom is -0.340 e. The molecule has 1 aromatic carbocycles. The second kappa shape index (κ2) is 4.92. The van der Waals surface area contributed by atoms with Crippen molar-refractivity contribution in [2.24, 2.45) is 0 Å². The summed E-state index contributed by atoms with van der Waals surface area (Å²) in [5, 5.41) is 4.93. The van der Waals surface area contributed by atoms with Crippen LogP contribution in [-0.2, 0) is 6.54 Å². The lowest BCUT2D eigenvalue weighted by atomic mass is 10.1. The lowest BCUT2D eigenvalue weighted by Crippen LogP contribution is -2.00. The second-order valence-electron chi connectivity index (χ2n) is 5.05. The van der Waals surface area contributed by atoms with Crippen molar-refractivity contribution in [1.29, 1.82) is 0 Å². The van der Waals surface area contributed by atoms with E-state index in [-0.39, 0.29) is 5.92 Å². The van der Waals surface area contributed by atoms with Crippen molar-refractivity contribution >= 4 is 17.2 Å². The Kier molecular flexibility index (Phi) is 3.10. The molecule has 5 nitrogen and oxygen atoms in total. The summed E-state index contributed by atoms with van der Waals surface area (Å²) in [7, 11) is 0. The van der Waals surface area contributed by atoms with Gasteiger partial charge in [0.05, 0.1) is 6.54 Å². The molecule has 0 amide bonds. The molecule has 0 fully saturated rings. The van der Waals surface area contributed by atoms with Crippen LogP contribution >= 0.6 is 0 Å². The Morgan fingerprint density at radius 1 is 1.35 bits per heavy atom. The van der Waals surface area contributed by atoms with Gasteiger partial charge in [-0.1, -0.05) is 31.1 Å². The van der Waals surface area contributed by atoms with Gasteiger partial charge in [0.1, 0.15) is 0 Å². The Labute approximate surface area is 116 Å². The molecule has 0 atom stereocenters. The molecule has 0 radical (unpaired) electrons. The van der Waals surface area contributed by atoms with Gasteiger partial charge in [-0.15, -0.1) is 0 Å².